The van der Waals surface area contributed by atoms with Crippen LogP contribution in [0.4, 0.5) is 0 Å². The van der Waals surface area contributed by atoms with Gasteiger partial charge in [-0.05, 0) is 80.9 Å². The smallest absolute Gasteiger partial charge is 0.119 e. The van der Waals surface area contributed by atoms with Crippen LogP contribution in [0.5, 0.6) is 5.75 Å². The highest BCUT2D eigenvalue weighted by Crippen LogP contribution is 2.24. The van der Waals surface area contributed by atoms with Crippen LogP contribution in [0.2, 0.25) is 5.02 Å². The lowest BCUT2D eigenvalue weighted by Gasteiger charge is -2.14. The molecule has 0 bridgehead atoms. The Morgan fingerprint density at radius 1 is 0.960 bits per heavy atom. The SMILES string of the molecule is Clc1ccc2c(ccn2-c2ccc(OCCCN3CCCC3)cc2)c1. The lowest BCUT2D eigenvalue weighted by Crippen LogP contribution is -2.21. The first-order chi connectivity index (χ1) is 12.3. The fourth-order valence-corrected chi connectivity index (χ4v) is 3.71. The summed E-state index contributed by atoms with van der Waals surface area (Å²) >= 11 is 6.07. The molecule has 1 aliphatic heterocycles. The van der Waals surface area contributed by atoms with E-state index in [4.69, 9.17) is 16.3 Å². The van der Waals surface area contributed by atoms with Gasteiger partial charge in [0.05, 0.1) is 12.1 Å². The van der Waals surface area contributed by atoms with E-state index in [-0.39, 0.29) is 0 Å². The van der Waals surface area contributed by atoms with Crippen molar-refractivity contribution in [3.63, 3.8) is 0 Å². The molecule has 4 rings (SSSR count). The van der Waals surface area contributed by atoms with Crippen molar-refractivity contribution < 1.29 is 4.74 Å². The number of ether oxygens (including phenoxy) is 1. The van der Waals surface area contributed by atoms with Crippen molar-refractivity contribution >= 4 is 22.5 Å². The number of likely N-dealkylation sites (tertiary alicyclic amines) is 1. The number of benzene rings is 2. The summed E-state index contributed by atoms with van der Waals surface area (Å²) in [5.41, 5.74) is 2.28. The van der Waals surface area contributed by atoms with Crippen molar-refractivity contribution in [2.75, 3.05) is 26.2 Å². The fourth-order valence-electron chi connectivity index (χ4n) is 3.53. The molecule has 0 aliphatic carbocycles. The Morgan fingerprint density at radius 3 is 2.56 bits per heavy atom. The molecule has 2 heterocycles. The van der Waals surface area contributed by atoms with Gasteiger partial charge in [0.15, 0.2) is 0 Å². The molecule has 0 N–H and O–H groups in total. The van der Waals surface area contributed by atoms with Crippen LogP contribution in [0, 0.1) is 0 Å². The first kappa shape index (κ1) is 16.5. The molecule has 0 spiro atoms. The zero-order valence-electron chi connectivity index (χ0n) is 14.3. The van der Waals surface area contributed by atoms with E-state index in [1.165, 1.54) is 25.9 Å². The van der Waals surface area contributed by atoms with E-state index in [1.807, 2.05) is 24.3 Å². The minimum absolute atomic E-state index is 0.767. The Kier molecular flexibility index (Phi) is 4.95. The lowest BCUT2D eigenvalue weighted by molar-refractivity contribution is 0.263. The van der Waals surface area contributed by atoms with Gasteiger partial charge in [-0.25, -0.2) is 0 Å². The molecule has 3 aromatic rings. The second kappa shape index (κ2) is 7.51. The number of halogens is 1. The standard InChI is InChI=1S/C21H23ClN2O/c22-18-4-9-21-17(16-18)10-14-24(21)19-5-7-20(8-6-19)25-15-3-13-23-11-1-2-12-23/h4-10,14,16H,1-3,11-13,15H2. The summed E-state index contributed by atoms with van der Waals surface area (Å²) in [5.74, 6) is 0.935. The predicted molar refractivity (Wildman–Crippen MR) is 104 cm³/mol. The molecular weight excluding hydrogens is 332 g/mol. The molecule has 3 nitrogen and oxygen atoms in total. The first-order valence-corrected chi connectivity index (χ1v) is 9.40. The molecule has 1 fully saturated rings. The molecule has 0 amide bonds. The molecule has 2 aromatic carbocycles. The summed E-state index contributed by atoms with van der Waals surface area (Å²) in [5, 5.41) is 1.91. The minimum Gasteiger partial charge on any atom is -0.494 e. The van der Waals surface area contributed by atoms with E-state index in [2.05, 4.69) is 39.9 Å². The summed E-state index contributed by atoms with van der Waals surface area (Å²) in [6, 6.07) is 16.4. The maximum absolute atomic E-state index is 6.07. The highest BCUT2D eigenvalue weighted by molar-refractivity contribution is 6.31. The van der Waals surface area contributed by atoms with E-state index in [9.17, 15) is 0 Å². The topological polar surface area (TPSA) is 17.4 Å². The van der Waals surface area contributed by atoms with Crippen molar-refractivity contribution in [2.24, 2.45) is 0 Å². The van der Waals surface area contributed by atoms with Crippen LogP contribution in [0.3, 0.4) is 0 Å². The highest BCUT2D eigenvalue weighted by Gasteiger charge is 2.10. The normalized spacial score (nSPS) is 15.1. The van der Waals surface area contributed by atoms with Gasteiger partial charge in [0.25, 0.3) is 0 Å². The monoisotopic (exact) mass is 354 g/mol. The summed E-state index contributed by atoms with van der Waals surface area (Å²) < 4.78 is 8.06. The van der Waals surface area contributed by atoms with Crippen LogP contribution >= 0.6 is 11.6 Å². The van der Waals surface area contributed by atoms with Gasteiger partial charge in [-0.3, -0.25) is 0 Å². The average molecular weight is 355 g/mol. The van der Waals surface area contributed by atoms with Crippen LogP contribution in [0.1, 0.15) is 19.3 Å². The van der Waals surface area contributed by atoms with E-state index < -0.39 is 0 Å². The molecule has 1 saturated heterocycles. The van der Waals surface area contributed by atoms with Crippen LogP contribution in [-0.2, 0) is 0 Å². The molecule has 0 unspecified atom stereocenters. The van der Waals surface area contributed by atoms with Gasteiger partial charge in [-0.2, -0.15) is 0 Å². The van der Waals surface area contributed by atoms with Gasteiger partial charge in [0, 0.05) is 28.8 Å². The van der Waals surface area contributed by atoms with E-state index >= 15 is 0 Å². The molecule has 1 aliphatic rings. The molecule has 1 aromatic heterocycles. The van der Waals surface area contributed by atoms with Gasteiger partial charge in [0.2, 0.25) is 0 Å². The Morgan fingerprint density at radius 2 is 1.76 bits per heavy atom. The van der Waals surface area contributed by atoms with Gasteiger partial charge in [-0.15, -0.1) is 0 Å². The van der Waals surface area contributed by atoms with E-state index in [0.29, 0.717) is 0 Å². The number of fused-ring (bicyclic) bond motifs is 1. The molecular formula is C21H23ClN2O. The Bertz CT molecular complexity index is 835. The van der Waals surface area contributed by atoms with Gasteiger partial charge in [0.1, 0.15) is 5.75 Å². The Hall–Kier alpha value is -1.97. The van der Waals surface area contributed by atoms with Crippen molar-refractivity contribution in [3.05, 3.63) is 59.8 Å². The zero-order chi connectivity index (χ0) is 17.1. The van der Waals surface area contributed by atoms with Crippen molar-refractivity contribution in [3.8, 4) is 11.4 Å². The molecule has 130 valence electrons. The molecule has 0 saturated carbocycles. The number of hydrogen-bond donors (Lipinski definition) is 0. The van der Waals surface area contributed by atoms with E-state index in [0.717, 1.165) is 46.9 Å². The molecule has 25 heavy (non-hydrogen) atoms. The fraction of sp³-hybridized carbons (Fsp3) is 0.333. The van der Waals surface area contributed by atoms with Gasteiger partial charge < -0.3 is 14.2 Å². The minimum atomic E-state index is 0.767. The van der Waals surface area contributed by atoms with Crippen LogP contribution < -0.4 is 4.74 Å². The Balaban J connectivity index is 1.37. The summed E-state index contributed by atoms with van der Waals surface area (Å²) in [7, 11) is 0. The third kappa shape index (κ3) is 3.83. The lowest BCUT2D eigenvalue weighted by atomic mass is 10.2. The third-order valence-electron chi connectivity index (χ3n) is 4.85. The number of aromatic nitrogens is 1. The van der Waals surface area contributed by atoms with Crippen LogP contribution in [0.25, 0.3) is 16.6 Å². The summed E-state index contributed by atoms with van der Waals surface area (Å²) in [4.78, 5) is 2.52. The largest absolute Gasteiger partial charge is 0.494 e. The van der Waals surface area contributed by atoms with Crippen LogP contribution in [0.15, 0.2) is 54.7 Å². The van der Waals surface area contributed by atoms with Gasteiger partial charge in [-0.1, -0.05) is 11.6 Å². The number of hydrogen-bond acceptors (Lipinski definition) is 2. The van der Waals surface area contributed by atoms with Crippen molar-refractivity contribution in [2.45, 2.75) is 19.3 Å². The quantitative estimate of drug-likeness (QED) is 0.570. The van der Waals surface area contributed by atoms with Gasteiger partial charge >= 0.3 is 0 Å². The molecule has 4 heteroatoms. The third-order valence-corrected chi connectivity index (χ3v) is 5.09. The van der Waals surface area contributed by atoms with Crippen molar-refractivity contribution in [1.29, 1.82) is 0 Å². The van der Waals surface area contributed by atoms with E-state index in [1.54, 1.807) is 0 Å². The maximum atomic E-state index is 6.07. The molecule has 0 atom stereocenters. The first-order valence-electron chi connectivity index (χ1n) is 9.02. The molecule has 0 radical (unpaired) electrons. The maximum Gasteiger partial charge on any atom is 0.119 e. The number of rotatable bonds is 6. The summed E-state index contributed by atoms with van der Waals surface area (Å²) in [6.45, 7) is 4.44. The number of nitrogens with zero attached hydrogens (tertiary/aromatic N) is 2. The second-order valence-corrected chi connectivity index (χ2v) is 7.07. The highest BCUT2D eigenvalue weighted by atomic mass is 35.5. The second-order valence-electron chi connectivity index (χ2n) is 6.63. The Labute approximate surface area is 153 Å². The zero-order valence-corrected chi connectivity index (χ0v) is 15.1. The predicted octanol–water partition coefficient (Wildman–Crippen LogP) is 5.15. The van der Waals surface area contributed by atoms with Crippen LogP contribution in [-0.4, -0.2) is 35.7 Å². The average Bonchev–Trinajstić information content (AvgIpc) is 3.28. The van der Waals surface area contributed by atoms with Crippen molar-refractivity contribution in [1.82, 2.24) is 9.47 Å². The summed E-state index contributed by atoms with van der Waals surface area (Å²) in [6.07, 6.45) is 5.86.